The van der Waals surface area contributed by atoms with E-state index in [1.54, 1.807) is 18.2 Å². The molecule has 118 valence electrons. The molecule has 0 heterocycles. The Balaban J connectivity index is 2.21. The highest BCUT2D eigenvalue weighted by molar-refractivity contribution is 7.89. The Kier molecular flexibility index (Phi) is 5.61. The van der Waals surface area contributed by atoms with Crippen molar-refractivity contribution < 1.29 is 8.42 Å². The van der Waals surface area contributed by atoms with Gasteiger partial charge in [-0.2, -0.15) is 0 Å². The zero-order valence-corrected chi connectivity index (χ0v) is 13.3. The summed E-state index contributed by atoms with van der Waals surface area (Å²) in [6, 6.07) is 7.11. The van der Waals surface area contributed by atoms with Crippen molar-refractivity contribution >= 4 is 15.7 Å². The molecule has 1 fully saturated rings. The summed E-state index contributed by atoms with van der Waals surface area (Å²) in [4.78, 5) is 0.279. The molecule has 5 nitrogen and oxygen atoms in total. The van der Waals surface area contributed by atoms with Crippen LogP contribution in [0.2, 0.25) is 0 Å². The van der Waals surface area contributed by atoms with Gasteiger partial charge in [0, 0.05) is 12.6 Å². The standard InChI is InChI=1S/C15H25N3O2S/c1-17-21(19,20)15-10-6-5-9-13(15)18-14(11-16)12-7-3-2-4-8-12/h5-6,9-10,12,14,17-18H,2-4,7-8,11,16H2,1H3. The monoisotopic (exact) mass is 311 g/mol. The summed E-state index contributed by atoms with van der Waals surface area (Å²) in [6.45, 7) is 0.513. The number of hydrogen-bond acceptors (Lipinski definition) is 4. The number of nitrogens with one attached hydrogen (secondary N) is 2. The maximum Gasteiger partial charge on any atom is 0.242 e. The topological polar surface area (TPSA) is 84.2 Å². The summed E-state index contributed by atoms with van der Waals surface area (Å²) >= 11 is 0. The second kappa shape index (κ2) is 7.24. The fraction of sp³-hybridized carbons (Fsp3) is 0.600. The van der Waals surface area contributed by atoms with Crippen molar-refractivity contribution in [2.75, 3.05) is 18.9 Å². The second-order valence-electron chi connectivity index (χ2n) is 5.59. The van der Waals surface area contributed by atoms with E-state index in [2.05, 4.69) is 10.0 Å². The predicted molar refractivity (Wildman–Crippen MR) is 85.7 cm³/mol. The second-order valence-corrected chi connectivity index (χ2v) is 7.44. The van der Waals surface area contributed by atoms with Gasteiger partial charge < -0.3 is 11.1 Å². The third-order valence-electron chi connectivity index (χ3n) is 4.26. The summed E-state index contributed by atoms with van der Waals surface area (Å²) in [6.07, 6.45) is 6.09. The van der Waals surface area contributed by atoms with E-state index in [1.165, 1.54) is 26.3 Å². The molecule has 1 aliphatic carbocycles. The van der Waals surface area contributed by atoms with E-state index in [0.29, 0.717) is 18.2 Å². The van der Waals surface area contributed by atoms with E-state index in [-0.39, 0.29) is 10.9 Å². The first-order chi connectivity index (χ1) is 10.1. The van der Waals surface area contributed by atoms with Gasteiger partial charge >= 0.3 is 0 Å². The van der Waals surface area contributed by atoms with Gasteiger partial charge in [0.1, 0.15) is 4.90 Å². The lowest BCUT2D eigenvalue weighted by Crippen LogP contribution is -2.38. The molecule has 21 heavy (non-hydrogen) atoms. The molecular formula is C15H25N3O2S. The first kappa shape index (κ1) is 16.3. The average Bonchev–Trinajstić information content (AvgIpc) is 2.53. The minimum atomic E-state index is -3.47. The van der Waals surface area contributed by atoms with Crippen LogP contribution in [0.25, 0.3) is 0 Å². The van der Waals surface area contributed by atoms with Gasteiger partial charge in [0.2, 0.25) is 10.0 Å². The lowest BCUT2D eigenvalue weighted by Gasteiger charge is -2.31. The van der Waals surface area contributed by atoms with E-state index in [1.807, 2.05) is 6.07 Å². The Morgan fingerprint density at radius 3 is 2.52 bits per heavy atom. The highest BCUT2D eigenvalue weighted by Crippen LogP contribution is 2.29. The van der Waals surface area contributed by atoms with Crippen molar-refractivity contribution in [1.82, 2.24) is 4.72 Å². The Labute approximate surface area is 127 Å². The lowest BCUT2D eigenvalue weighted by molar-refractivity contribution is 0.320. The quantitative estimate of drug-likeness (QED) is 0.749. The molecule has 4 N–H and O–H groups in total. The predicted octanol–water partition coefficient (Wildman–Crippen LogP) is 1.91. The van der Waals surface area contributed by atoms with E-state index >= 15 is 0 Å². The molecular weight excluding hydrogens is 286 g/mol. The molecule has 0 spiro atoms. The van der Waals surface area contributed by atoms with E-state index < -0.39 is 10.0 Å². The number of anilines is 1. The average molecular weight is 311 g/mol. The fourth-order valence-electron chi connectivity index (χ4n) is 3.04. The molecule has 1 atom stereocenters. The highest BCUT2D eigenvalue weighted by Gasteiger charge is 2.24. The Hall–Kier alpha value is -1.11. The number of para-hydroxylation sites is 1. The smallest absolute Gasteiger partial charge is 0.242 e. The minimum absolute atomic E-state index is 0.124. The van der Waals surface area contributed by atoms with Gasteiger partial charge in [0.15, 0.2) is 0 Å². The Bertz CT molecular complexity index is 554. The Morgan fingerprint density at radius 1 is 1.24 bits per heavy atom. The number of rotatable bonds is 6. The lowest BCUT2D eigenvalue weighted by atomic mass is 9.84. The minimum Gasteiger partial charge on any atom is -0.380 e. The van der Waals surface area contributed by atoms with Crippen LogP contribution in [-0.2, 0) is 10.0 Å². The summed E-state index contributed by atoms with van der Waals surface area (Å²) in [5.74, 6) is 0.522. The van der Waals surface area contributed by atoms with Crippen molar-refractivity contribution in [1.29, 1.82) is 0 Å². The van der Waals surface area contributed by atoms with Crippen LogP contribution in [0.1, 0.15) is 32.1 Å². The number of sulfonamides is 1. The fourth-order valence-corrected chi connectivity index (χ4v) is 3.93. The molecule has 6 heteroatoms. The van der Waals surface area contributed by atoms with E-state index in [4.69, 9.17) is 5.73 Å². The zero-order chi connectivity index (χ0) is 15.3. The maximum atomic E-state index is 12.1. The summed E-state index contributed by atoms with van der Waals surface area (Å²) in [5, 5.41) is 3.36. The van der Waals surface area contributed by atoms with Gasteiger partial charge in [-0.15, -0.1) is 0 Å². The molecule has 1 saturated carbocycles. The van der Waals surface area contributed by atoms with Crippen LogP contribution in [-0.4, -0.2) is 28.1 Å². The van der Waals surface area contributed by atoms with Crippen molar-refractivity contribution in [2.24, 2.45) is 11.7 Å². The molecule has 2 rings (SSSR count). The molecule has 0 bridgehead atoms. The zero-order valence-electron chi connectivity index (χ0n) is 12.5. The molecule has 1 aromatic rings. The first-order valence-electron chi connectivity index (χ1n) is 7.57. The van der Waals surface area contributed by atoms with Gasteiger partial charge in [-0.1, -0.05) is 31.4 Å². The van der Waals surface area contributed by atoms with Crippen molar-refractivity contribution in [3.05, 3.63) is 24.3 Å². The first-order valence-corrected chi connectivity index (χ1v) is 9.06. The van der Waals surface area contributed by atoms with E-state index in [9.17, 15) is 8.42 Å². The van der Waals surface area contributed by atoms with Gasteiger partial charge in [-0.3, -0.25) is 0 Å². The molecule has 0 amide bonds. The van der Waals surface area contributed by atoms with Crippen LogP contribution in [0.3, 0.4) is 0 Å². The molecule has 0 aromatic heterocycles. The molecule has 0 radical (unpaired) electrons. The molecule has 0 aliphatic heterocycles. The normalized spacial score (nSPS) is 18.4. The van der Waals surface area contributed by atoms with Gasteiger partial charge in [-0.05, 0) is 37.9 Å². The molecule has 1 aliphatic rings. The molecule has 0 saturated heterocycles. The van der Waals surface area contributed by atoms with Crippen LogP contribution in [0.5, 0.6) is 0 Å². The van der Waals surface area contributed by atoms with Crippen LogP contribution in [0, 0.1) is 5.92 Å². The molecule has 1 unspecified atom stereocenters. The van der Waals surface area contributed by atoms with Crippen molar-refractivity contribution in [2.45, 2.75) is 43.0 Å². The molecule has 1 aromatic carbocycles. The van der Waals surface area contributed by atoms with Crippen molar-refractivity contribution in [3.8, 4) is 0 Å². The third-order valence-corrected chi connectivity index (χ3v) is 5.73. The third kappa shape index (κ3) is 3.96. The largest absolute Gasteiger partial charge is 0.380 e. The number of benzene rings is 1. The van der Waals surface area contributed by atoms with Crippen LogP contribution in [0.4, 0.5) is 5.69 Å². The van der Waals surface area contributed by atoms with Crippen LogP contribution in [0.15, 0.2) is 29.2 Å². The van der Waals surface area contributed by atoms with Crippen molar-refractivity contribution in [3.63, 3.8) is 0 Å². The SMILES string of the molecule is CNS(=O)(=O)c1ccccc1NC(CN)C1CCCCC1. The van der Waals surface area contributed by atoms with Gasteiger partial charge in [-0.25, -0.2) is 13.1 Å². The summed E-state index contributed by atoms with van der Waals surface area (Å²) in [5.41, 5.74) is 6.55. The van der Waals surface area contributed by atoms with Gasteiger partial charge in [0.25, 0.3) is 0 Å². The van der Waals surface area contributed by atoms with Gasteiger partial charge in [0.05, 0.1) is 5.69 Å². The Morgan fingerprint density at radius 2 is 1.90 bits per heavy atom. The number of nitrogens with two attached hydrogens (primary N) is 1. The highest BCUT2D eigenvalue weighted by atomic mass is 32.2. The van der Waals surface area contributed by atoms with E-state index in [0.717, 1.165) is 12.8 Å². The number of hydrogen-bond donors (Lipinski definition) is 3. The van der Waals surface area contributed by atoms with Crippen LogP contribution >= 0.6 is 0 Å². The summed E-state index contributed by atoms with van der Waals surface area (Å²) in [7, 11) is -2.04. The maximum absolute atomic E-state index is 12.1. The summed E-state index contributed by atoms with van der Waals surface area (Å²) < 4.78 is 26.5. The van der Waals surface area contributed by atoms with Crippen LogP contribution < -0.4 is 15.8 Å².